The summed E-state index contributed by atoms with van der Waals surface area (Å²) < 4.78 is 5.62. The van der Waals surface area contributed by atoms with Crippen LogP contribution in [0.25, 0.3) is 0 Å². The molecule has 2 aliphatic heterocycles. The molecule has 3 heterocycles. The summed E-state index contributed by atoms with van der Waals surface area (Å²) in [5, 5.41) is 3.19. The van der Waals surface area contributed by atoms with Gasteiger partial charge in [0.1, 0.15) is 11.1 Å². The predicted octanol–water partition coefficient (Wildman–Crippen LogP) is 1.98. The van der Waals surface area contributed by atoms with Crippen LogP contribution in [-0.2, 0) is 16.1 Å². The van der Waals surface area contributed by atoms with Crippen LogP contribution in [0.15, 0.2) is 5.38 Å². The van der Waals surface area contributed by atoms with Gasteiger partial charge in [-0.25, -0.2) is 4.98 Å². The van der Waals surface area contributed by atoms with Crippen molar-refractivity contribution in [2.75, 3.05) is 46.4 Å². The Bertz CT molecular complexity index is 571. The zero-order chi connectivity index (χ0) is 17.8. The lowest BCUT2D eigenvalue weighted by Gasteiger charge is -2.36. The van der Waals surface area contributed by atoms with E-state index in [0.717, 1.165) is 62.8 Å². The number of hydrogen-bond donors (Lipinski definition) is 0. The van der Waals surface area contributed by atoms with Crippen molar-refractivity contribution in [3.05, 3.63) is 16.1 Å². The highest BCUT2D eigenvalue weighted by Crippen LogP contribution is 2.22. The monoisotopic (exact) mass is 366 g/mol. The molecular formula is C18H30N4O2S. The summed E-state index contributed by atoms with van der Waals surface area (Å²) in [5.41, 5.74) is 1.11. The van der Waals surface area contributed by atoms with Gasteiger partial charge in [0.25, 0.3) is 0 Å². The van der Waals surface area contributed by atoms with Crippen molar-refractivity contribution in [3.8, 4) is 0 Å². The third kappa shape index (κ3) is 4.58. The van der Waals surface area contributed by atoms with Crippen molar-refractivity contribution in [1.29, 1.82) is 0 Å². The number of nitrogens with zero attached hydrogens (tertiary/aromatic N) is 4. The lowest BCUT2D eigenvalue weighted by molar-refractivity contribution is -0.137. The maximum Gasteiger partial charge on any atom is 0.240 e. The molecule has 140 valence electrons. The molecule has 1 amide bonds. The average molecular weight is 367 g/mol. The van der Waals surface area contributed by atoms with Gasteiger partial charge in [-0.3, -0.25) is 14.6 Å². The molecule has 0 radical (unpaired) electrons. The van der Waals surface area contributed by atoms with Crippen LogP contribution in [0.3, 0.4) is 0 Å². The Hall–Kier alpha value is -1.02. The van der Waals surface area contributed by atoms with Crippen molar-refractivity contribution in [3.63, 3.8) is 0 Å². The first-order valence-electron chi connectivity index (χ1n) is 9.35. The predicted molar refractivity (Wildman–Crippen MR) is 99.7 cm³/mol. The summed E-state index contributed by atoms with van der Waals surface area (Å²) in [5.74, 6) is 0.320. The molecule has 7 heteroatoms. The molecule has 0 unspecified atom stereocenters. The second-order valence-corrected chi connectivity index (χ2v) is 7.90. The highest BCUT2D eigenvalue weighted by Gasteiger charge is 2.32. The highest BCUT2D eigenvalue weighted by molar-refractivity contribution is 7.09. The SMILES string of the molecule is CCO[C@H](C)c1nc(CN2CCN(C(=O)[C@H]3CCCN3C)CC2)cs1. The van der Waals surface area contributed by atoms with Gasteiger partial charge in [0.05, 0.1) is 11.7 Å². The molecule has 1 aromatic heterocycles. The quantitative estimate of drug-likeness (QED) is 0.770. The summed E-state index contributed by atoms with van der Waals surface area (Å²) in [7, 11) is 2.06. The second-order valence-electron chi connectivity index (χ2n) is 7.01. The number of amides is 1. The van der Waals surface area contributed by atoms with Crippen molar-refractivity contribution in [2.45, 2.75) is 45.4 Å². The summed E-state index contributed by atoms with van der Waals surface area (Å²) in [6.45, 7) is 10.2. The largest absolute Gasteiger partial charge is 0.372 e. The number of likely N-dealkylation sites (tertiary alicyclic amines) is 1. The van der Waals surface area contributed by atoms with Crippen LogP contribution in [0.5, 0.6) is 0 Å². The van der Waals surface area contributed by atoms with Crippen molar-refractivity contribution in [2.24, 2.45) is 0 Å². The van der Waals surface area contributed by atoms with Crippen molar-refractivity contribution in [1.82, 2.24) is 19.7 Å². The Morgan fingerprint density at radius 1 is 1.36 bits per heavy atom. The van der Waals surface area contributed by atoms with Crippen LogP contribution < -0.4 is 0 Å². The number of piperazine rings is 1. The van der Waals surface area contributed by atoms with Gasteiger partial charge in [0.15, 0.2) is 0 Å². The minimum Gasteiger partial charge on any atom is -0.372 e. The van der Waals surface area contributed by atoms with Crippen LogP contribution >= 0.6 is 11.3 Å². The zero-order valence-electron chi connectivity index (χ0n) is 15.6. The normalized spacial score (nSPS) is 24.0. The average Bonchev–Trinajstić information content (AvgIpc) is 3.24. The number of carbonyl (C=O) groups excluding carboxylic acids is 1. The second kappa shape index (κ2) is 8.58. The van der Waals surface area contributed by atoms with Crippen LogP contribution in [0.4, 0.5) is 0 Å². The van der Waals surface area contributed by atoms with Gasteiger partial charge in [-0.1, -0.05) is 0 Å². The van der Waals surface area contributed by atoms with E-state index >= 15 is 0 Å². The minimum absolute atomic E-state index is 0.0709. The summed E-state index contributed by atoms with van der Waals surface area (Å²) in [6, 6.07) is 0.104. The number of rotatable bonds is 6. The Balaban J connectivity index is 1.47. The molecule has 25 heavy (non-hydrogen) atoms. The van der Waals surface area contributed by atoms with Crippen molar-refractivity contribution < 1.29 is 9.53 Å². The van der Waals surface area contributed by atoms with Gasteiger partial charge >= 0.3 is 0 Å². The molecule has 0 aromatic carbocycles. The van der Waals surface area contributed by atoms with Gasteiger partial charge in [0, 0.05) is 44.7 Å². The molecule has 0 bridgehead atoms. The van der Waals surface area contributed by atoms with E-state index in [2.05, 4.69) is 29.2 Å². The Morgan fingerprint density at radius 3 is 2.76 bits per heavy atom. The van der Waals surface area contributed by atoms with Gasteiger partial charge in [-0.15, -0.1) is 11.3 Å². The number of aromatic nitrogens is 1. The van der Waals surface area contributed by atoms with Crippen LogP contribution in [0.2, 0.25) is 0 Å². The lowest BCUT2D eigenvalue weighted by atomic mass is 10.1. The molecule has 0 aliphatic carbocycles. The summed E-state index contributed by atoms with van der Waals surface area (Å²) >= 11 is 1.68. The van der Waals surface area contributed by atoms with Gasteiger partial charge in [-0.2, -0.15) is 0 Å². The van der Waals surface area contributed by atoms with E-state index in [1.807, 2.05) is 11.8 Å². The standard InChI is InChI=1S/C18H30N4O2S/c1-4-24-14(2)17-19-15(13-25-17)12-21-8-10-22(11-9-21)18(23)16-6-5-7-20(16)3/h13-14,16H,4-12H2,1-3H3/t14-,16-/m1/s1. The number of hydrogen-bond acceptors (Lipinski definition) is 6. The molecule has 0 N–H and O–H groups in total. The molecule has 2 saturated heterocycles. The van der Waals surface area contributed by atoms with E-state index in [0.29, 0.717) is 12.5 Å². The number of ether oxygens (including phenoxy) is 1. The zero-order valence-corrected chi connectivity index (χ0v) is 16.4. The topological polar surface area (TPSA) is 48.9 Å². The third-order valence-corrected chi connectivity index (χ3v) is 6.26. The Labute approximate surface area is 154 Å². The third-order valence-electron chi connectivity index (χ3n) is 5.21. The van der Waals surface area contributed by atoms with Crippen molar-refractivity contribution >= 4 is 17.2 Å². The molecule has 2 fully saturated rings. The Kier molecular flexibility index (Phi) is 6.44. The minimum atomic E-state index is 0.0709. The van der Waals surface area contributed by atoms with E-state index in [1.54, 1.807) is 11.3 Å². The van der Waals surface area contributed by atoms with E-state index in [9.17, 15) is 4.79 Å². The smallest absolute Gasteiger partial charge is 0.240 e. The fourth-order valence-corrected chi connectivity index (χ4v) is 4.51. The molecular weight excluding hydrogens is 336 g/mol. The first-order chi connectivity index (χ1) is 12.1. The molecule has 0 spiro atoms. The van der Waals surface area contributed by atoms with Crippen LogP contribution in [0, 0.1) is 0 Å². The first kappa shape index (κ1) is 18.8. The highest BCUT2D eigenvalue weighted by atomic mass is 32.1. The summed E-state index contributed by atoms with van der Waals surface area (Å²) in [6.07, 6.45) is 2.22. The van der Waals surface area contributed by atoms with E-state index in [4.69, 9.17) is 9.72 Å². The maximum absolute atomic E-state index is 12.7. The molecule has 1 aromatic rings. The van der Waals surface area contributed by atoms with Crippen LogP contribution in [-0.4, -0.2) is 78.0 Å². The van der Waals surface area contributed by atoms with Crippen LogP contribution in [0.1, 0.15) is 43.5 Å². The van der Waals surface area contributed by atoms with E-state index in [-0.39, 0.29) is 12.1 Å². The fraction of sp³-hybridized carbons (Fsp3) is 0.778. The lowest BCUT2D eigenvalue weighted by Crippen LogP contribution is -2.52. The fourth-order valence-electron chi connectivity index (χ4n) is 3.69. The van der Waals surface area contributed by atoms with Gasteiger partial charge in [0.2, 0.25) is 5.91 Å². The molecule has 3 rings (SSSR count). The van der Waals surface area contributed by atoms with E-state index < -0.39 is 0 Å². The summed E-state index contributed by atoms with van der Waals surface area (Å²) in [4.78, 5) is 24.0. The number of thiazole rings is 1. The maximum atomic E-state index is 12.7. The molecule has 2 atom stereocenters. The van der Waals surface area contributed by atoms with Gasteiger partial charge < -0.3 is 9.64 Å². The number of carbonyl (C=O) groups is 1. The number of likely N-dealkylation sites (N-methyl/N-ethyl adjacent to an activating group) is 1. The molecule has 6 nitrogen and oxygen atoms in total. The Morgan fingerprint density at radius 2 is 2.12 bits per heavy atom. The first-order valence-corrected chi connectivity index (χ1v) is 10.2. The van der Waals surface area contributed by atoms with E-state index in [1.165, 1.54) is 0 Å². The molecule has 2 aliphatic rings. The van der Waals surface area contributed by atoms with Gasteiger partial charge in [-0.05, 0) is 40.3 Å². The molecule has 0 saturated carbocycles.